The fourth-order valence-corrected chi connectivity index (χ4v) is 4.56. The lowest BCUT2D eigenvalue weighted by atomic mass is 10.1. The minimum atomic E-state index is -2.77. The van der Waals surface area contributed by atoms with Crippen molar-refractivity contribution in [2.45, 2.75) is 32.3 Å². The molecular weight excluding hydrogens is 554 g/mol. The second-order valence-corrected chi connectivity index (χ2v) is 9.58. The van der Waals surface area contributed by atoms with Crippen molar-refractivity contribution in [1.82, 2.24) is 14.5 Å². The van der Waals surface area contributed by atoms with Crippen LogP contribution in [0.15, 0.2) is 72.8 Å². The van der Waals surface area contributed by atoms with Crippen molar-refractivity contribution in [3.8, 4) is 17.1 Å². The largest absolute Gasteiger partial charge is 0.473 e. The van der Waals surface area contributed by atoms with E-state index in [0.717, 1.165) is 12.1 Å². The molecule has 0 radical (unpaired) electrons. The fourth-order valence-electron chi connectivity index (χ4n) is 4.56. The second kappa shape index (κ2) is 12.7. The predicted molar refractivity (Wildman–Crippen MR) is 147 cm³/mol. The van der Waals surface area contributed by atoms with Gasteiger partial charge in [0.1, 0.15) is 24.1 Å². The quantitative estimate of drug-likeness (QED) is 0.145. The van der Waals surface area contributed by atoms with Crippen LogP contribution in [0.3, 0.4) is 0 Å². The maximum atomic E-state index is 15.4. The molecule has 0 aliphatic carbocycles. The highest BCUT2D eigenvalue weighted by Gasteiger charge is 2.17. The number of aliphatic hydroxyl groups is 2. The van der Waals surface area contributed by atoms with Crippen molar-refractivity contribution < 1.29 is 37.2 Å². The summed E-state index contributed by atoms with van der Waals surface area (Å²) in [6.07, 6.45) is -4.23. The van der Waals surface area contributed by atoms with Crippen LogP contribution < -0.4 is 4.74 Å². The van der Waals surface area contributed by atoms with E-state index >= 15 is 4.39 Å². The van der Waals surface area contributed by atoms with E-state index in [9.17, 15) is 23.4 Å². The number of ether oxygens (including phenoxy) is 2. The monoisotopic (exact) mass is 581 g/mol. The lowest BCUT2D eigenvalue weighted by Crippen LogP contribution is -2.10. The molecule has 0 spiro atoms. The third-order valence-corrected chi connectivity index (χ3v) is 6.79. The van der Waals surface area contributed by atoms with Crippen molar-refractivity contribution in [1.29, 1.82) is 0 Å². The minimum Gasteiger partial charge on any atom is -0.473 e. The molecule has 0 bridgehead atoms. The van der Waals surface area contributed by atoms with Crippen LogP contribution in [0.5, 0.6) is 5.88 Å². The van der Waals surface area contributed by atoms with Gasteiger partial charge in [-0.15, -0.1) is 0 Å². The first-order valence-electron chi connectivity index (χ1n) is 13.0. The van der Waals surface area contributed by atoms with E-state index in [2.05, 4.69) is 9.97 Å². The summed E-state index contributed by atoms with van der Waals surface area (Å²) in [5, 5.41) is 19.2. The van der Waals surface area contributed by atoms with Crippen LogP contribution in [-0.4, -0.2) is 38.5 Å². The van der Waals surface area contributed by atoms with Crippen LogP contribution in [-0.2, 0) is 24.3 Å². The molecule has 2 N–H and O–H groups in total. The van der Waals surface area contributed by atoms with Crippen molar-refractivity contribution in [3.05, 3.63) is 113 Å². The number of hydrogen-bond donors (Lipinski definition) is 2. The van der Waals surface area contributed by atoms with Gasteiger partial charge in [-0.2, -0.15) is 0 Å². The Hall–Kier alpha value is -4.32. The summed E-state index contributed by atoms with van der Waals surface area (Å²) in [6, 6.07) is 17.7. The van der Waals surface area contributed by atoms with Crippen LogP contribution >= 0.6 is 0 Å². The molecule has 5 aromatic rings. The van der Waals surface area contributed by atoms with Crippen LogP contribution in [0.25, 0.3) is 22.3 Å². The van der Waals surface area contributed by atoms with Crippen molar-refractivity contribution >= 4 is 11.0 Å². The van der Waals surface area contributed by atoms with E-state index in [1.54, 1.807) is 55.6 Å². The van der Waals surface area contributed by atoms with Gasteiger partial charge in [-0.3, -0.25) is 0 Å². The molecule has 0 saturated heterocycles. The lowest BCUT2D eigenvalue weighted by Gasteiger charge is -2.11. The number of fused-ring (bicyclic) bond motifs is 1. The molecule has 0 fully saturated rings. The summed E-state index contributed by atoms with van der Waals surface area (Å²) < 4.78 is 67.8. The zero-order valence-corrected chi connectivity index (χ0v) is 22.5. The summed E-state index contributed by atoms with van der Waals surface area (Å²) in [7, 11) is 1.57. The fraction of sp³-hybridized carbons (Fsp3) is 0.226. The number of hydrogen-bond acceptors (Lipinski definition) is 6. The van der Waals surface area contributed by atoms with E-state index in [1.807, 2.05) is 4.57 Å². The maximum Gasteiger partial charge on any atom is 0.263 e. The molecule has 2 aromatic heterocycles. The molecule has 42 heavy (non-hydrogen) atoms. The first kappa shape index (κ1) is 29.2. The first-order valence-corrected chi connectivity index (χ1v) is 13.0. The Labute approximate surface area is 238 Å². The summed E-state index contributed by atoms with van der Waals surface area (Å²) >= 11 is 0. The Bertz CT molecular complexity index is 1710. The van der Waals surface area contributed by atoms with E-state index in [1.165, 1.54) is 12.1 Å². The summed E-state index contributed by atoms with van der Waals surface area (Å²) in [4.78, 5) is 9.03. The Morgan fingerprint density at radius 3 is 2.33 bits per heavy atom. The Kier molecular flexibility index (Phi) is 8.81. The molecule has 3 aromatic carbocycles. The zero-order valence-electron chi connectivity index (χ0n) is 22.5. The third-order valence-electron chi connectivity index (χ3n) is 6.79. The number of alkyl halides is 2. The van der Waals surface area contributed by atoms with Gasteiger partial charge < -0.3 is 24.3 Å². The first-order chi connectivity index (χ1) is 20.2. The molecule has 218 valence electrons. The van der Waals surface area contributed by atoms with Crippen molar-refractivity contribution in [3.63, 3.8) is 0 Å². The van der Waals surface area contributed by atoms with Crippen LogP contribution in [0.4, 0.5) is 17.6 Å². The molecule has 0 aliphatic rings. The molecule has 0 amide bonds. The minimum absolute atomic E-state index is 0.0993. The van der Waals surface area contributed by atoms with Gasteiger partial charge in [0, 0.05) is 48.4 Å². The number of aliphatic hydroxyl groups excluding tert-OH is 1. The highest BCUT2D eigenvalue weighted by Crippen LogP contribution is 2.27. The molecule has 7 nitrogen and oxygen atoms in total. The summed E-state index contributed by atoms with van der Waals surface area (Å²) in [5.74, 6) is -0.531. The smallest absolute Gasteiger partial charge is 0.263 e. The van der Waals surface area contributed by atoms with Gasteiger partial charge in [0.25, 0.3) is 6.43 Å². The van der Waals surface area contributed by atoms with Gasteiger partial charge in [0.15, 0.2) is 6.29 Å². The average Bonchev–Trinajstić information content (AvgIpc) is 3.32. The number of aromatic nitrogens is 3. The highest BCUT2D eigenvalue weighted by atomic mass is 19.3. The van der Waals surface area contributed by atoms with Crippen molar-refractivity contribution in [2.75, 3.05) is 13.7 Å². The Morgan fingerprint density at radius 2 is 1.62 bits per heavy atom. The van der Waals surface area contributed by atoms with E-state index in [4.69, 9.17) is 9.47 Å². The summed E-state index contributed by atoms with van der Waals surface area (Å²) in [6.45, 7) is 0.593. The standard InChI is InChI=1S/C31H27F4N3O4/c1-41-12-11-38-27-15-21(31(39)40)9-10-26(27)36-28(38)16-18-5-6-19(13-23(18)32)25-3-2-4-29(37-25)42-17-22-8-7-20(30(34)35)14-24(22)33/h2-10,13-15,30-31,39-40H,11-12,16-17H2,1H3. The molecule has 0 unspecified atom stereocenters. The van der Waals surface area contributed by atoms with Crippen LogP contribution in [0.2, 0.25) is 0 Å². The predicted octanol–water partition coefficient (Wildman–Crippen LogP) is 6.11. The maximum absolute atomic E-state index is 15.4. The third kappa shape index (κ3) is 6.43. The van der Waals surface area contributed by atoms with Crippen molar-refractivity contribution in [2.24, 2.45) is 0 Å². The molecule has 2 heterocycles. The van der Waals surface area contributed by atoms with E-state index < -0.39 is 29.9 Å². The molecule has 5 rings (SSSR count). The molecule has 0 saturated carbocycles. The molecule has 11 heteroatoms. The zero-order chi connectivity index (χ0) is 29.8. The number of rotatable bonds is 11. The average molecular weight is 582 g/mol. The van der Waals surface area contributed by atoms with Gasteiger partial charge in [0.05, 0.1) is 23.3 Å². The van der Waals surface area contributed by atoms with Gasteiger partial charge in [-0.25, -0.2) is 27.5 Å². The van der Waals surface area contributed by atoms with Crippen LogP contribution in [0, 0.1) is 11.6 Å². The van der Waals surface area contributed by atoms with E-state index in [0.29, 0.717) is 52.4 Å². The molecular formula is C31H27F4N3O4. The van der Waals surface area contributed by atoms with Gasteiger partial charge in [-0.1, -0.05) is 36.4 Å². The topological polar surface area (TPSA) is 89.6 Å². The normalized spacial score (nSPS) is 11.6. The summed E-state index contributed by atoms with van der Waals surface area (Å²) in [5.41, 5.74) is 2.62. The number of halogens is 4. The number of methoxy groups -OCH3 is 1. The lowest BCUT2D eigenvalue weighted by molar-refractivity contribution is -0.0424. The van der Waals surface area contributed by atoms with Gasteiger partial charge in [0.2, 0.25) is 5.88 Å². The van der Waals surface area contributed by atoms with Gasteiger partial charge >= 0.3 is 0 Å². The Morgan fingerprint density at radius 1 is 0.857 bits per heavy atom. The Balaban J connectivity index is 1.35. The van der Waals surface area contributed by atoms with Gasteiger partial charge in [-0.05, 0) is 35.9 Å². The number of imidazole rings is 1. The molecule has 0 aliphatic heterocycles. The van der Waals surface area contributed by atoms with E-state index in [-0.39, 0.29) is 24.5 Å². The SMILES string of the molecule is COCCn1c(Cc2ccc(-c3cccc(OCc4ccc(C(F)F)cc4F)n3)cc2F)nc2ccc(C(O)O)cc21. The van der Waals surface area contributed by atoms with Crippen LogP contribution in [0.1, 0.15) is 40.8 Å². The molecule has 0 atom stereocenters. The number of nitrogens with zero attached hydrogens (tertiary/aromatic N) is 3. The highest BCUT2D eigenvalue weighted by molar-refractivity contribution is 5.77. The number of pyridine rings is 1. The number of benzene rings is 3. The second-order valence-electron chi connectivity index (χ2n) is 9.58.